The summed E-state index contributed by atoms with van der Waals surface area (Å²) in [6.07, 6.45) is 4.60. The minimum Gasteiger partial charge on any atom is -0.492 e. The molecule has 0 spiro atoms. The van der Waals surface area contributed by atoms with E-state index >= 15 is 0 Å². The van der Waals surface area contributed by atoms with E-state index in [1.165, 1.54) is 0 Å². The Morgan fingerprint density at radius 1 is 1.13 bits per heavy atom. The highest BCUT2D eigenvalue weighted by Crippen LogP contribution is 2.30. The van der Waals surface area contributed by atoms with Crippen LogP contribution in [0.2, 0.25) is 0 Å². The number of aromatic nitrogens is 2. The van der Waals surface area contributed by atoms with Gasteiger partial charge in [0, 0.05) is 52.7 Å². The smallest absolute Gasteiger partial charge is 0.325 e. The molecule has 0 bridgehead atoms. The maximum atomic E-state index is 12.3. The lowest BCUT2D eigenvalue weighted by molar-refractivity contribution is -0.148. The van der Waals surface area contributed by atoms with Crippen LogP contribution >= 0.6 is 0 Å². The summed E-state index contributed by atoms with van der Waals surface area (Å²) >= 11 is 0. The van der Waals surface area contributed by atoms with Crippen LogP contribution in [-0.4, -0.2) is 94.0 Å². The molecule has 10 heteroatoms. The molecule has 0 saturated heterocycles. The molecule has 39 heavy (non-hydrogen) atoms. The molecule has 1 aromatic carbocycles. The third kappa shape index (κ3) is 9.80. The summed E-state index contributed by atoms with van der Waals surface area (Å²) in [5, 5.41) is 3.15. The van der Waals surface area contributed by atoms with Crippen LogP contribution in [0.3, 0.4) is 0 Å². The minimum atomic E-state index is -0.565. The molecule has 2 unspecified atom stereocenters. The molecule has 216 valence electrons. The van der Waals surface area contributed by atoms with Crippen molar-refractivity contribution < 1.29 is 28.5 Å². The quantitative estimate of drug-likeness (QED) is 0.105. The number of benzene rings is 1. The zero-order valence-electron chi connectivity index (χ0n) is 24.5. The largest absolute Gasteiger partial charge is 0.492 e. The van der Waals surface area contributed by atoms with Crippen molar-refractivity contribution in [2.45, 2.75) is 39.8 Å². The lowest BCUT2D eigenvalue weighted by Gasteiger charge is -2.19. The van der Waals surface area contributed by atoms with Crippen LogP contribution in [-0.2, 0) is 23.8 Å². The number of carbonyl (C=O) groups is 2. The second-order valence-electron chi connectivity index (χ2n) is 10.1. The van der Waals surface area contributed by atoms with E-state index < -0.39 is 6.04 Å². The molecule has 0 aliphatic heterocycles. The van der Waals surface area contributed by atoms with Crippen molar-refractivity contribution in [2.75, 3.05) is 61.3 Å². The van der Waals surface area contributed by atoms with Crippen LogP contribution in [0.1, 0.15) is 39.6 Å². The highest BCUT2D eigenvalue weighted by molar-refractivity contribution is 5.86. The third-order valence-electron chi connectivity index (χ3n) is 5.67. The fourth-order valence-electron chi connectivity index (χ4n) is 3.98. The lowest BCUT2D eigenvalue weighted by atomic mass is 10.1. The zero-order valence-corrected chi connectivity index (χ0v) is 24.5. The predicted molar refractivity (Wildman–Crippen MR) is 153 cm³/mol. The molecule has 1 heterocycles. The number of esters is 1. The van der Waals surface area contributed by atoms with Crippen molar-refractivity contribution in [3.63, 3.8) is 0 Å². The van der Waals surface area contributed by atoms with Gasteiger partial charge in [-0.05, 0) is 43.5 Å². The van der Waals surface area contributed by atoms with E-state index in [0.717, 1.165) is 28.7 Å². The summed E-state index contributed by atoms with van der Waals surface area (Å²) in [5.41, 5.74) is 3.09. The van der Waals surface area contributed by atoms with E-state index in [9.17, 15) is 9.59 Å². The molecule has 2 rings (SSSR count). The van der Waals surface area contributed by atoms with Gasteiger partial charge in [-0.15, -0.1) is 0 Å². The number of nitrogens with zero attached hydrogens (tertiary/aromatic N) is 3. The van der Waals surface area contributed by atoms with Gasteiger partial charge in [0.2, 0.25) is 0 Å². The van der Waals surface area contributed by atoms with Gasteiger partial charge in [0.05, 0.1) is 36.9 Å². The molecule has 0 amide bonds. The summed E-state index contributed by atoms with van der Waals surface area (Å²) in [5.74, 6) is 1.31. The predicted octanol–water partition coefficient (Wildman–Crippen LogP) is 3.47. The molecule has 0 fully saturated rings. The number of carbonyl (C=O) groups excluding carboxylic acids is 2. The number of hydrogen-bond acceptors (Lipinski definition) is 9. The second kappa shape index (κ2) is 16.0. The average Bonchev–Trinajstić information content (AvgIpc) is 3.27. The van der Waals surface area contributed by atoms with Gasteiger partial charge in [0.15, 0.2) is 0 Å². The Kier molecular flexibility index (Phi) is 13.1. The average molecular weight is 545 g/mol. The first-order valence-electron chi connectivity index (χ1n) is 13.2. The van der Waals surface area contributed by atoms with Crippen molar-refractivity contribution in [1.82, 2.24) is 19.8 Å². The van der Waals surface area contributed by atoms with E-state index in [-0.39, 0.29) is 24.5 Å². The fraction of sp³-hybridized carbons (Fsp3) is 0.552. The van der Waals surface area contributed by atoms with E-state index in [2.05, 4.69) is 16.8 Å². The van der Waals surface area contributed by atoms with E-state index in [4.69, 9.17) is 23.9 Å². The maximum Gasteiger partial charge on any atom is 0.325 e. The number of allylic oxidation sites excluding steroid dienone is 3. The topological polar surface area (TPSA) is 104 Å². The van der Waals surface area contributed by atoms with E-state index in [0.29, 0.717) is 37.7 Å². The maximum absolute atomic E-state index is 12.3. The highest BCUT2D eigenvalue weighted by atomic mass is 16.5. The first-order chi connectivity index (χ1) is 18.6. The standard InChI is InChI=1S/C29H44N4O6/c1-20(2)17-39-29(35)26(19-37-8)30-11-12-38-24-9-10-27-25(14-24)31-28(33(27)22(4)18-36-7)23(15-32(5)6)13-21(3)16-34/h9-10,13-16,20,22,26,30H,11-12,17-19H2,1-8H3/b21-13-,23-15+. The molecule has 1 N–H and O–H groups in total. The Hall–Kier alpha value is -3.21. The van der Waals surface area contributed by atoms with Crippen molar-refractivity contribution in [1.29, 1.82) is 0 Å². The SMILES string of the molecule is COCC(NCCOc1ccc2c(c1)nc(C(/C=C(/C)C=O)=C/N(C)C)n2C(C)COC)C(=O)OCC(C)C. The number of fused-ring (bicyclic) bond motifs is 1. The van der Waals surface area contributed by atoms with Crippen LogP contribution in [0.4, 0.5) is 0 Å². The number of nitrogens with one attached hydrogen (secondary N) is 1. The summed E-state index contributed by atoms with van der Waals surface area (Å²) < 4.78 is 24.0. The van der Waals surface area contributed by atoms with E-state index in [1.807, 2.05) is 63.3 Å². The van der Waals surface area contributed by atoms with Gasteiger partial charge in [0.25, 0.3) is 0 Å². The first kappa shape index (κ1) is 32.0. The van der Waals surface area contributed by atoms with Crippen molar-refractivity contribution in [3.8, 4) is 5.75 Å². The Morgan fingerprint density at radius 3 is 2.46 bits per heavy atom. The third-order valence-corrected chi connectivity index (χ3v) is 5.67. The molecular formula is C29H44N4O6. The minimum absolute atomic E-state index is 0.00497. The van der Waals surface area contributed by atoms with Crippen LogP contribution in [0.5, 0.6) is 5.75 Å². The monoisotopic (exact) mass is 544 g/mol. The number of imidazole rings is 1. The van der Waals surface area contributed by atoms with Crippen LogP contribution < -0.4 is 10.1 Å². The molecule has 2 aromatic rings. The van der Waals surface area contributed by atoms with Crippen molar-refractivity contribution >= 4 is 28.9 Å². The van der Waals surface area contributed by atoms with Gasteiger partial charge in [-0.25, -0.2) is 4.98 Å². The molecule has 0 saturated carbocycles. The number of rotatable bonds is 17. The zero-order chi connectivity index (χ0) is 28.9. The van der Waals surface area contributed by atoms with Gasteiger partial charge in [0.1, 0.15) is 30.5 Å². The summed E-state index contributed by atoms with van der Waals surface area (Å²) in [7, 11) is 7.07. The lowest BCUT2D eigenvalue weighted by Crippen LogP contribution is -2.43. The van der Waals surface area contributed by atoms with Crippen molar-refractivity contribution in [2.24, 2.45) is 5.92 Å². The Balaban J connectivity index is 2.27. The second-order valence-corrected chi connectivity index (χ2v) is 10.1. The van der Waals surface area contributed by atoms with Crippen LogP contribution in [0.25, 0.3) is 16.6 Å². The van der Waals surface area contributed by atoms with Gasteiger partial charge >= 0.3 is 5.97 Å². The molecule has 0 radical (unpaired) electrons. The molecule has 0 aliphatic rings. The van der Waals surface area contributed by atoms with Crippen LogP contribution in [0.15, 0.2) is 36.0 Å². The van der Waals surface area contributed by atoms with Gasteiger partial charge < -0.3 is 28.4 Å². The molecular weight excluding hydrogens is 500 g/mol. The summed E-state index contributed by atoms with van der Waals surface area (Å²) in [6, 6.07) is 5.19. The van der Waals surface area contributed by atoms with Crippen LogP contribution in [0, 0.1) is 5.92 Å². The Bertz CT molecular complexity index is 1140. The number of ether oxygens (including phenoxy) is 4. The molecule has 1 aromatic heterocycles. The normalized spacial score (nSPS) is 14.0. The summed E-state index contributed by atoms with van der Waals surface area (Å²) in [4.78, 5) is 30.6. The molecule has 0 aliphatic carbocycles. The fourth-order valence-corrected chi connectivity index (χ4v) is 3.98. The number of hydrogen-bond donors (Lipinski definition) is 1. The summed E-state index contributed by atoms with van der Waals surface area (Å²) in [6.45, 7) is 9.65. The molecule has 10 nitrogen and oxygen atoms in total. The Morgan fingerprint density at radius 2 is 1.85 bits per heavy atom. The Labute approximate surface area is 231 Å². The number of aldehydes is 1. The van der Waals surface area contributed by atoms with Crippen molar-refractivity contribution in [3.05, 3.63) is 41.9 Å². The van der Waals surface area contributed by atoms with Gasteiger partial charge in [-0.3, -0.25) is 14.9 Å². The first-order valence-corrected chi connectivity index (χ1v) is 13.2. The van der Waals surface area contributed by atoms with E-state index in [1.54, 1.807) is 21.1 Å². The highest BCUT2D eigenvalue weighted by Gasteiger charge is 2.21. The van der Waals surface area contributed by atoms with Gasteiger partial charge in [-0.2, -0.15) is 0 Å². The number of methoxy groups -OCH3 is 2. The molecule has 2 atom stereocenters. The van der Waals surface area contributed by atoms with Gasteiger partial charge in [-0.1, -0.05) is 13.8 Å².